The van der Waals surface area contributed by atoms with Crippen LogP contribution in [0.4, 0.5) is 11.4 Å². The minimum Gasteiger partial charge on any atom is -0.378 e. The van der Waals surface area contributed by atoms with Crippen molar-refractivity contribution in [2.75, 3.05) is 38.0 Å². The van der Waals surface area contributed by atoms with E-state index in [9.17, 15) is 0 Å². The Balaban J connectivity index is 0.915. The second kappa shape index (κ2) is 18.3. The maximum Gasteiger partial charge on any atom is 0.213 e. The van der Waals surface area contributed by atoms with Gasteiger partial charge in [-0.25, -0.2) is 0 Å². The van der Waals surface area contributed by atoms with Crippen molar-refractivity contribution in [3.8, 4) is 0 Å². The number of hydrogen-bond donors (Lipinski definition) is 0. The van der Waals surface area contributed by atoms with E-state index < -0.39 is 0 Å². The first kappa shape index (κ1) is 36.6. The van der Waals surface area contributed by atoms with Gasteiger partial charge < -0.3 is 9.80 Å². The first-order chi connectivity index (χ1) is 25.5. The maximum absolute atomic E-state index is 2.44. The van der Waals surface area contributed by atoms with Gasteiger partial charge in [-0.05, 0) is 71.5 Å². The van der Waals surface area contributed by atoms with Crippen molar-refractivity contribution in [3.63, 3.8) is 0 Å². The van der Waals surface area contributed by atoms with Crippen molar-refractivity contribution in [1.29, 1.82) is 0 Å². The van der Waals surface area contributed by atoms with Crippen molar-refractivity contribution in [2.24, 2.45) is 0 Å². The first-order valence-corrected chi connectivity index (χ1v) is 19.2. The second-order valence-corrected chi connectivity index (χ2v) is 14.4. The zero-order valence-electron chi connectivity index (χ0n) is 31.7. The van der Waals surface area contributed by atoms with Crippen LogP contribution in [-0.2, 0) is 13.1 Å². The van der Waals surface area contributed by atoms with E-state index in [-0.39, 0.29) is 0 Å². The van der Waals surface area contributed by atoms with E-state index in [1.165, 1.54) is 107 Å². The van der Waals surface area contributed by atoms with Gasteiger partial charge in [0.1, 0.15) is 13.1 Å². The monoisotopic (exact) mass is 688 g/mol. The van der Waals surface area contributed by atoms with Crippen molar-refractivity contribution >= 4 is 57.5 Å². The summed E-state index contributed by atoms with van der Waals surface area (Å²) in [5, 5.41) is 2.62. The van der Waals surface area contributed by atoms with Crippen LogP contribution in [0.5, 0.6) is 0 Å². The Morgan fingerprint density at radius 3 is 1.15 bits per heavy atom. The van der Waals surface area contributed by atoms with E-state index >= 15 is 0 Å². The van der Waals surface area contributed by atoms with Crippen LogP contribution >= 0.6 is 0 Å². The molecule has 4 aromatic carbocycles. The minimum atomic E-state index is 1.07. The Bertz CT molecular complexity index is 1940. The molecule has 2 heterocycles. The highest BCUT2D eigenvalue weighted by atomic mass is 15.1. The van der Waals surface area contributed by atoms with Gasteiger partial charge in [0.2, 0.25) is 11.0 Å². The highest BCUT2D eigenvalue weighted by Gasteiger charge is 2.12. The van der Waals surface area contributed by atoms with Crippen molar-refractivity contribution in [1.82, 2.24) is 0 Å². The first-order valence-electron chi connectivity index (χ1n) is 19.2. The van der Waals surface area contributed by atoms with Gasteiger partial charge in [-0.1, -0.05) is 98.5 Å². The molecule has 4 nitrogen and oxygen atoms in total. The lowest BCUT2D eigenvalue weighted by Crippen LogP contribution is -2.34. The molecule has 0 aliphatic carbocycles. The molecule has 0 saturated heterocycles. The molecule has 0 aliphatic heterocycles. The predicted molar refractivity (Wildman–Crippen MR) is 225 cm³/mol. The van der Waals surface area contributed by atoms with Crippen molar-refractivity contribution in [2.45, 2.75) is 64.5 Å². The van der Waals surface area contributed by atoms with Crippen LogP contribution in [0.15, 0.2) is 122 Å². The van der Waals surface area contributed by atoms with Crippen LogP contribution < -0.4 is 18.9 Å². The number of pyridine rings is 2. The quantitative estimate of drug-likeness (QED) is 0.0699. The van der Waals surface area contributed by atoms with Gasteiger partial charge in [0.05, 0.1) is 10.8 Å². The van der Waals surface area contributed by atoms with E-state index in [4.69, 9.17) is 0 Å². The van der Waals surface area contributed by atoms with Gasteiger partial charge in [0.25, 0.3) is 0 Å². The largest absolute Gasteiger partial charge is 0.378 e. The molecule has 0 bridgehead atoms. The molecule has 0 atom stereocenters. The Morgan fingerprint density at radius 1 is 0.404 bits per heavy atom. The summed E-state index contributed by atoms with van der Waals surface area (Å²) in [6.07, 6.45) is 23.8. The topological polar surface area (TPSA) is 14.2 Å². The summed E-state index contributed by atoms with van der Waals surface area (Å²) >= 11 is 0. The van der Waals surface area contributed by atoms with Crippen LogP contribution in [0, 0.1) is 0 Å². The molecule has 0 N–H and O–H groups in total. The zero-order valence-corrected chi connectivity index (χ0v) is 31.7. The van der Waals surface area contributed by atoms with Gasteiger partial charge in [0.15, 0.2) is 12.4 Å². The van der Waals surface area contributed by atoms with E-state index in [0.29, 0.717) is 0 Å². The third-order valence-corrected chi connectivity index (χ3v) is 10.2. The summed E-state index contributed by atoms with van der Waals surface area (Å²) in [7, 11) is 8.31. The zero-order chi connectivity index (χ0) is 36.1. The summed E-state index contributed by atoms with van der Waals surface area (Å²) in [6, 6.07) is 39.6. The highest BCUT2D eigenvalue weighted by Crippen LogP contribution is 2.22. The molecular weight excluding hydrogens is 633 g/mol. The summed E-state index contributed by atoms with van der Waals surface area (Å²) in [4.78, 5) is 4.26. The van der Waals surface area contributed by atoms with Crippen LogP contribution in [0.1, 0.15) is 73.6 Å². The molecule has 0 fully saturated rings. The molecule has 52 heavy (non-hydrogen) atoms. The number of anilines is 2. The van der Waals surface area contributed by atoms with Gasteiger partial charge in [-0.2, -0.15) is 9.13 Å². The summed E-state index contributed by atoms with van der Waals surface area (Å²) in [5.41, 5.74) is 10.0. The fraction of sp³-hybridized carbons (Fsp3) is 0.292. The van der Waals surface area contributed by atoms with Gasteiger partial charge in [0, 0.05) is 76.7 Å². The van der Waals surface area contributed by atoms with E-state index in [2.05, 4.69) is 193 Å². The van der Waals surface area contributed by atoms with Crippen LogP contribution in [0.3, 0.4) is 0 Å². The number of hydrogen-bond acceptors (Lipinski definition) is 2. The lowest BCUT2D eigenvalue weighted by atomic mass is 10.1. The number of nitrogens with zero attached hydrogens (tertiary/aromatic N) is 4. The molecule has 2 aromatic heterocycles. The number of unbranched alkanes of at least 4 members (excludes halogenated alkanes) is 7. The Morgan fingerprint density at radius 2 is 0.769 bits per heavy atom. The third kappa shape index (κ3) is 9.76. The standard InChI is InChI=1S/C48H56N4/c1-49(2)43-29-23-39(24-30-43)21-27-41-33-37-51(47-19-13-11-17-45(41)47)35-15-9-7-5-6-8-10-16-36-52-38-34-42(46-18-12-14-20-48(46)52)28-22-40-25-31-44(32-26-40)50(3)4/h11-14,17-34,37-38H,5-10,15-16,35-36H2,1-4H3/q+2. The van der Waals surface area contributed by atoms with Gasteiger partial charge >= 0.3 is 0 Å². The average molecular weight is 689 g/mol. The number of benzene rings is 4. The van der Waals surface area contributed by atoms with Crippen LogP contribution in [-0.4, -0.2) is 28.2 Å². The summed E-state index contributed by atoms with van der Waals surface area (Å²) < 4.78 is 4.87. The second-order valence-electron chi connectivity index (χ2n) is 14.4. The normalized spacial score (nSPS) is 11.7. The maximum atomic E-state index is 2.44. The minimum absolute atomic E-state index is 1.07. The molecule has 6 rings (SSSR count). The molecule has 0 spiro atoms. The van der Waals surface area contributed by atoms with E-state index in [1.54, 1.807) is 0 Å². The molecule has 6 aromatic rings. The molecular formula is C48H56N4+2. The highest BCUT2D eigenvalue weighted by molar-refractivity contribution is 5.89. The SMILES string of the molecule is CN(C)c1ccc(/C=C/c2cc[n+](CCCCCCCCCC[n+]3ccc(/C=C/c4ccc(N(C)C)cc4)c4ccccc43)c3ccccc23)cc1. The van der Waals surface area contributed by atoms with Crippen LogP contribution in [0.25, 0.3) is 46.1 Å². The number of aryl methyl sites for hydroxylation is 2. The molecule has 0 saturated carbocycles. The van der Waals surface area contributed by atoms with Crippen LogP contribution in [0.2, 0.25) is 0 Å². The molecule has 0 aliphatic rings. The molecule has 0 amide bonds. The smallest absolute Gasteiger partial charge is 0.213 e. The van der Waals surface area contributed by atoms with Crippen molar-refractivity contribution in [3.05, 3.63) is 144 Å². The molecule has 0 radical (unpaired) electrons. The lowest BCUT2D eigenvalue weighted by Gasteiger charge is -2.11. The molecule has 4 heteroatoms. The average Bonchev–Trinajstić information content (AvgIpc) is 3.17. The van der Waals surface area contributed by atoms with E-state index in [0.717, 1.165) is 13.1 Å². The summed E-state index contributed by atoms with van der Waals surface area (Å²) in [6.45, 7) is 2.14. The number of aromatic nitrogens is 2. The Kier molecular flexibility index (Phi) is 12.9. The van der Waals surface area contributed by atoms with E-state index in [1.807, 2.05) is 0 Å². The molecule has 266 valence electrons. The number of rotatable bonds is 17. The summed E-state index contributed by atoms with van der Waals surface area (Å²) in [5.74, 6) is 0. The number of para-hydroxylation sites is 2. The Labute approximate surface area is 312 Å². The Hall–Kier alpha value is -5.22. The predicted octanol–water partition coefficient (Wildman–Crippen LogP) is 10.9. The fourth-order valence-electron chi connectivity index (χ4n) is 7.06. The van der Waals surface area contributed by atoms with Gasteiger partial charge in [-0.15, -0.1) is 0 Å². The third-order valence-electron chi connectivity index (χ3n) is 10.2. The fourth-order valence-corrected chi connectivity index (χ4v) is 7.06. The van der Waals surface area contributed by atoms with Gasteiger partial charge in [-0.3, -0.25) is 0 Å². The van der Waals surface area contributed by atoms with Crippen molar-refractivity contribution < 1.29 is 9.13 Å². The number of fused-ring (bicyclic) bond motifs is 2. The lowest BCUT2D eigenvalue weighted by molar-refractivity contribution is -0.672. The molecule has 0 unspecified atom stereocenters.